The normalized spacial score (nSPS) is 11.5. The van der Waals surface area contributed by atoms with E-state index >= 15 is 0 Å². The Morgan fingerprint density at radius 2 is 0.515 bits per heavy atom. The number of rotatable bonds is 8. The molecule has 0 atom stereocenters. The Balaban J connectivity index is 0.893. The number of benzene rings is 11. The van der Waals surface area contributed by atoms with Crippen molar-refractivity contribution in [2.45, 2.75) is 0 Å². The van der Waals surface area contributed by atoms with E-state index in [1.165, 1.54) is 110 Å². The van der Waals surface area contributed by atoms with E-state index in [4.69, 9.17) is 0 Å². The molecular formula is C66H44N2. The van der Waals surface area contributed by atoms with Gasteiger partial charge in [0.25, 0.3) is 0 Å². The fourth-order valence-corrected chi connectivity index (χ4v) is 10.5. The third-order valence-corrected chi connectivity index (χ3v) is 13.7. The molecule has 68 heavy (non-hydrogen) atoms. The lowest BCUT2D eigenvalue weighted by Gasteiger charge is -2.16. The quantitative estimate of drug-likeness (QED) is 0.144. The van der Waals surface area contributed by atoms with E-state index in [9.17, 15) is 0 Å². The second kappa shape index (κ2) is 16.5. The number of para-hydroxylation sites is 4. The van der Waals surface area contributed by atoms with Gasteiger partial charge in [-0.3, -0.25) is 0 Å². The van der Waals surface area contributed by atoms with Crippen molar-refractivity contribution in [1.82, 2.24) is 9.13 Å². The van der Waals surface area contributed by atoms with Crippen LogP contribution in [0.2, 0.25) is 0 Å². The summed E-state index contributed by atoms with van der Waals surface area (Å²) in [5, 5.41) is 4.94. The molecule has 0 aliphatic rings. The Morgan fingerprint density at radius 3 is 1.01 bits per heavy atom. The second-order valence-electron chi connectivity index (χ2n) is 17.7. The highest BCUT2D eigenvalue weighted by atomic mass is 15.0. The van der Waals surface area contributed by atoms with Crippen LogP contribution >= 0.6 is 0 Å². The summed E-state index contributed by atoms with van der Waals surface area (Å²) in [6, 6.07) is 97.3. The lowest BCUT2D eigenvalue weighted by molar-refractivity contribution is 1.17. The zero-order valence-electron chi connectivity index (χ0n) is 37.3. The van der Waals surface area contributed by atoms with Gasteiger partial charge in [0.1, 0.15) is 0 Å². The van der Waals surface area contributed by atoms with Crippen LogP contribution in [0.4, 0.5) is 0 Å². The minimum absolute atomic E-state index is 1.13. The fraction of sp³-hybridized carbons (Fsp3) is 0. The first-order valence-electron chi connectivity index (χ1n) is 23.4. The molecule has 11 aromatic carbocycles. The van der Waals surface area contributed by atoms with E-state index in [1.807, 2.05) is 0 Å². The summed E-state index contributed by atoms with van der Waals surface area (Å²) >= 11 is 0. The van der Waals surface area contributed by atoms with E-state index in [0.717, 1.165) is 11.4 Å². The predicted molar refractivity (Wildman–Crippen MR) is 288 cm³/mol. The molecule has 0 N–H and O–H groups in total. The number of aromatic nitrogens is 2. The molecule has 2 heteroatoms. The van der Waals surface area contributed by atoms with Crippen LogP contribution in [0, 0.1) is 0 Å². The van der Waals surface area contributed by atoms with Gasteiger partial charge < -0.3 is 9.13 Å². The molecule has 0 unspecified atom stereocenters. The van der Waals surface area contributed by atoms with Crippen LogP contribution < -0.4 is 0 Å². The monoisotopic (exact) mass is 864 g/mol. The molecule has 13 aromatic rings. The summed E-state index contributed by atoms with van der Waals surface area (Å²) < 4.78 is 4.94. The van der Waals surface area contributed by atoms with Crippen LogP contribution in [0.25, 0.3) is 122 Å². The third kappa shape index (κ3) is 6.73. The zero-order chi connectivity index (χ0) is 45.0. The average molecular weight is 865 g/mol. The van der Waals surface area contributed by atoms with Crippen molar-refractivity contribution in [1.29, 1.82) is 0 Å². The van der Waals surface area contributed by atoms with Crippen LogP contribution in [0.5, 0.6) is 0 Å². The molecule has 0 saturated carbocycles. The lowest BCUT2D eigenvalue weighted by Crippen LogP contribution is -1.98. The Kier molecular flexibility index (Phi) is 9.54. The van der Waals surface area contributed by atoms with Crippen molar-refractivity contribution < 1.29 is 0 Å². The van der Waals surface area contributed by atoms with Crippen molar-refractivity contribution in [3.63, 3.8) is 0 Å². The van der Waals surface area contributed by atoms with E-state index in [2.05, 4.69) is 276 Å². The van der Waals surface area contributed by atoms with Gasteiger partial charge in [0.15, 0.2) is 0 Å². The van der Waals surface area contributed by atoms with Gasteiger partial charge in [-0.05, 0) is 104 Å². The first kappa shape index (κ1) is 39.4. The van der Waals surface area contributed by atoms with E-state index in [1.54, 1.807) is 0 Å². The van der Waals surface area contributed by atoms with Gasteiger partial charge >= 0.3 is 0 Å². The number of nitrogens with zero attached hydrogens (tertiary/aromatic N) is 2. The summed E-state index contributed by atoms with van der Waals surface area (Å²) in [5.41, 5.74) is 21.5. The van der Waals surface area contributed by atoms with Crippen molar-refractivity contribution in [2.75, 3.05) is 0 Å². The molecule has 0 aliphatic carbocycles. The molecule has 13 rings (SSSR count). The van der Waals surface area contributed by atoms with Crippen LogP contribution in [0.15, 0.2) is 267 Å². The SMILES string of the molecule is c1ccc(-c2cccc(-c3cccc(-c4ccc(-c5ccc(-n6c7ccccc7c7cccc(-c8cccc9c%10ccccc%10n(-c%10cccc(-c%11ccccc%11)c%10)c89)c76)cc5)cc4)c3)c2)cc1. The first-order valence-corrected chi connectivity index (χ1v) is 23.4. The van der Waals surface area contributed by atoms with Crippen molar-refractivity contribution >= 4 is 43.6 Å². The first-order chi connectivity index (χ1) is 33.7. The molecule has 0 spiro atoms. The minimum Gasteiger partial charge on any atom is -0.309 e. The molecule has 0 amide bonds. The van der Waals surface area contributed by atoms with Crippen molar-refractivity contribution in [2.24, 2.45) is 0 Å². The number of fused-ring (bicyclic) bond motifs is 6. The van der Waals surface area contributed by atoms with Gasteiger partial charge in [-0.25, -0.2) is 0 Å². The minimum atomic E-state index is 1.13. The molecule has 0 saturated heterocycles. The van der Waals surface area contributed by atoms with Gasteiger partial charge in [0.2, 0.25) is 0 Å². The molecule has 0 fully saturated rings. The Hall–Kier alpha value is -8.98. The molecule has 2 heterocycles. The fourth-order valence-electron chi connectivity index (χ4n) is 10.5. The maximum absolute atomic E-state index is 2.47. The van der Waals surface area contributed by atoms with Gasteiger partial charge in [-0.2, -0.15) is 0 Å². The van der Waals surface area contributed by atoms with Crippen molar-refractivity contribution in [3.8, 4) is 78.1 Å². The summed E-state index contributed by atoms with van der Waals surface area (Å²) in [5.74, 6) is 0. The number of hydrogen-bond acceptors (Lipinski definition) is 0. The zero-order valence-corrected chi connectivity index (χ0v) is 37.3. The molecule has 318 valence electrons. The molecule has 0 bridgehead atoms. The topological polar surface area (TPSA) is 9.86 Å². The van der Waals surface area contributed by atoms with Gasteiger partial charge in [0.05, 0.1) is 22.1 Å². The molecule has 0 aliphatic heterocycles. The van der Waals surface area contributed by atoms with Crippen LogP contribution in [0.3, 0.4) is 0 Å². The van der Waals surface area contributed by atoms with Gasteiger partial charge in [0, 0.05) is 44.0 Å². The van der Waals surface area contributed by atoms with Gasteiger partial charge in [-0.1, -0.05) is 218 Å². The maximum atomic E-state index is 2.47. The van der Waals surface area contributed by atoms with Crippen molar-refractivity contribution in [3.05, 3.63) is 267 Å². The van der Waals surface area contributed by atoms with E-state index in [-0.39, 0.29) is 0 Å². The largest absolute Gasteiger partial charge is 0.309 e. The molecule has 2 aromatic heterocycles. The predicted octanol–water partition coefficient (Wildman–Crippen LogP) is 17.9. The van der Waals surface area contributed by atoms with Crippen LogP contribution in [-0.2, 0) is 0 Å². The van der Waals surface area contributed by atoms with Crippen LogP contribution in [0.1, 0.15) is 0 Å². The molecular weight excluding hydrogens is 821 g/mol. The summed E-state index contributed by atoms with van der Waals surface area (Å²) in [4.78, 5) is 0. The third-order valence-electron chi connectivity index (χ3n) is 13.7. The Bertz CT molecular complexity index is 3990. The standard InChI is InChI=1S/C66H44N2/c1-3-16-45(17-4-1)50-20-11-22-52(42-50)53-23-12-21-51(43-53)49-36-34-47(35-37-49)48-38-40-55(41-39-48)67-63-32-9-7-26-57(63)59-28-14-30-61(65(59)67)62-31-15-29-60-58-27-8-10-33-64(58)68(66(60)62)56-25-13-24-54(44-56)46-18-5-2-6-19-46/h1-44H. The van der Waals surface area contributed by atoms with Gasteiger partial charge in [-0.15, -0.1) is 0 Å². The molecule has 0 radical (unpaired) electrons. The molecule has 2 nitrogen and oxygen atoms in total. The highest BCUT2D eigenvalue weighted by molar-refractivity contribution is 6.19. The highest BCUT2D eigenvalue weighted by Crippen LogP contribution is 2.44. The highest BCUT2D eigenvalue weighted by Gasteiger charge is 2.21. The Morgan fingerprint density at radius 1 is 0.191 bits per heavy atom. The second-order valence-corrected chi connectivity index (χ2v) is 17.7. The summed E-state index contributed by atoms with van der Waals surface area (Å²) in [6.07, 6.45) is 0. The summed E-state index contributed by atoms with van der Waals surface area (Å²) in [7, 11) is 0. The summed E-state index contributed by atoms with van der Waals surface area (Å²) in [6.45, 7) is 0. The lowest BCUT2D eigenvalue weighted by atomic mass is 9.95. The number of hydrogen-bond donors (Lipinski definition) is 0. The van der Waals surface area contributed by atoms with E-state index < -0.39 is 0 Å². The maximum Gasteiger partial charge on any atom is 0.0620 e. The Labute approximate surface area is 395 Å². The smallest absolute Gasteiger partial charge is 0.0620 e. The van der Waals surface area contributed by atoms with Crippen LogP contribution in [-0.4, -0.2) is 9.13 Å². The van der Waals surface area contributed by atoms with E-state index in [0.29, 0.717) is 0 Å². The average Bonchev–Trinajstić information content (AvgIpc) is 3.95.